The maximum absolute atomic E-state index is 14.1. The Morgan fingerprint density at radius 2 is 2.30 bits per heavy atom. The van der Waals surface area contributed by atoms with Gasteiger partial charge in [0.15, 0.2) is 0 Å². The number of halogens is 1. The number of rotatable bonds is 5. The van der Waals surface area contributed by atoms with Crippen LogP contribution < -0.4 is 10.6 Å². The molecule has 1 aliphatic heterocycles. The van der Waals surface area contributed by atoms with E-state index in [0.29, 0.717) is 25.5 Å². The minimum Gasteiger partial charge on any atom is -0.374 e. The van der Waals surface area contributed by atoms with Crippen molar-refractivity contribution in [2.24, 2.45) is 0 Å². The number of nitrogens with two attached hydrogens (primary N) is 1. The molecular weight excluding hydrogens is 263 g/mol. The molecule has 2 atom stereocenters. The fraction of sp³-hybridized carbons (Fsp3) is 0.750. The summed E-state index contributed by atoms with van der Waals surface area (Å²) in [7, 11) is 3.92. The number of anilines is 2. The van der Waals surface area contributed by atoms with Crippen LogP contribution in [0.1, 0.15) is 6.42 Å². The highest BCUT2D eigenvalue weighted by Gasteiger charge is 2.31. The van der Waals surface area contributed by atoms with Gasteiger partial charge in [0, 0.05) is 13.1 Å². The van der Waals surface area contributed by atoms with Crippen LogP contribution in [0.5, 0.6) is 0 Å². The van der Waals surface area contributed by atoms with E-state index in [1.807, 2.05) is 19.0 Å². The number of piperidine rings is 1. The molecular formula is C12H21FN6O. The van der Waals surface area contributed by atoms with Crippen LogP contribution in [0.25, 0.3) is 0 Å². The highest BCUT2D eigenvalue weighted by Crippen LogP contribution is 2.20. The Hall–Kier alpha value is -1.54. The topological polar surface area (TPSA) is 80.4 Å². The van der Waals surface area contributed by atoms with E-state index in [9.17, 15) is 4.39 Å². The predicted octanol–water partition coefficient (Wildman–Crippen LogP) is -0.0512. The average molecular weight is 284 g/mol. The van der Waals surface area contributed by atoms with Gasteiger partial charge in [-0.2, -0.15) is 4.98 Å². The van der Waals surface area contributed by atoms with E-state index in [2.05, 4.69) is 15.0 Å². The first-order valence-corrected chi connectivity index (χ1v) is 6.66. The third kappa shape index (κ3) is 3.97. The van der Waals surface area contributed by atoms with Gasteiger partial charge in [0.1, 0.15) is 12.5 Å². The summed E-state index contributed by atoms with van der Waals surface area (Å²) in [6, 6.07) is 0. The molecule has 1 aliphatic rings. The van der Waals surface area contributed by atoms with Crippen LogP contribution in [-0.4, -0.2) is 72.5 Å². The van der Waals surface area contributed by atoms with Crippen molar-refractivity contribution in [3.05, 3.63) is 6.33 Å². The first-order chi connectivity index (χ1) is 9.56. The van der Waals surface area contributed by atoms with Crippen LogP contribution in [0.4, 0.5) is 16.3 Å². The van der Waals surface area contributed by atoms with E-state index < -0.39 is 6.17 Å². The molecule has 7 nitrogen and oxygen atoms in total. The van der Waals surface area contributed by atoms with Gasteiger partial charge in [-0.05, 0) is 20.5 Å². The van der Waals surface area contributed by atoms with Crippen molar-refractivity contribution in [3.63, 3.8) is 0 Å². The number of nitrogen functional groups attached to an aromatic ring is 1. The number of hydrogen-bond acceptors (Lipinski definition) is 7. The largest absolute Gasteiger partial charge is 0.374 e. The number of hydrogen-bond donors (Lipinski definition) is 1. The number of likely N-dealkylation sites (N-methyl/N-ethyl adjacent to an activating group) is 1. The van der Waals surface area contributed by atoms with Crippen LogP contribution in [0.2, 0.25) is 0 Å². The van der Waals surface area contributed by atoms with Crippen molar-refractivity contribution < 1.29 is 9.13 Å². The van der Waals surface area contributed by atoms with E-state index in [4.69, 9.17) is 10.5 Å². The molecule has 112 valence electrons. The van der Waals surface area contributed by atoms with Gasteiger partial charge in [-0.1, -0.05) is 0 Å². The molecule has 1 aromatic rings. The molecule has 0 amide bonds. The SMILES string of the molecule is CN(C)CCO[C@@H]1CCN(c2ncnc(N)n2)C[C@@H]1F. The standard InChI is InChI=1S/C12H21FN6O/c1-18(2)5-6-20-10-3-4-19(7-9(10)13)12-16-8-15-11(14)17-12/h8-10H,3-7H2,1-2H3,(H2,14,15,16,17)/t9-,10+/m0/s1. The lowest BCUT2D eigenvalue weighted by Gasteiger charge is -2.34. The molecule has 0 bridgehead atoms. The minimum atomic E-state index is -1.05. The summed E-state index contributed by atoms with van der Waals surface area (Å²) in [5.74, 6) is 0.571. The molecule has 0 aromatic carbocycles. The van der Waals surface area contributed by atoms with E-state index in [1.165, 1.54) is 6.33 Å². The van der Waals surface area contributed by atoms with Gasteiger partial charge in [0.2, 0.25) is 11.9 Å². The maximum atomic E-state index is 14.1. The minimum absolute atomic E-state index is 0.148. The Labute approximate surface area is 118 Å². The van der Waals surface area contributed by atoms with E-state index in [-0.39, 0.29) is 18.6 Å². The fourth-order valence-electron chi connectivity index (χ4n) is 2.09. The molecule has 8 heteroatoms. The maximum Gasteiger partial charge on any atom is 0.230 e. The third-order valence-corrected chi connectivity index (χ3v) is 3.21. The summed E-state index contributed by atoms with van der Waals surface area (Å²) in [4.78, 5) is 15.5. The molecule has 0 aliphatic carbocycles. The molecule has 20 heavy (non-hydrogen) atoms. The summed E-state index contributed by atoms with van der Waals surface area (Å²) >= 11 is 0. The first-order valence-electron chi connectivity index (χ1n) is 6.66. The van der Waals surface area contributed by atoms with Crippen LogP contribution in [0, 0.1) is 0 Å². The van der Waals surface area contributed by atoms with Gasteiger partial charge < -0.3 is 20.3 Å². The van der Waals surface area contributed by atoms with E-state index >= 15 is 0 Å². The van der Waals surface area contributed by atoms with Gasteiger partial charge in [-0.15, -0.1) is 0 Å². The molecule has 0 radical (unpaired) electrons. The normalized spacial score (nSPS) is 23.3. The van der Waals surface area contributed by atoms with E-state index in [1.54, 1.807) is 4.90 Å². The summed E-state index contributed by atoms with van der Waals surface area (Å²) in [5, 5.41) is 0. The highest BCUT2D eigenvalue weighted by molar-refractivity contribution is 5.34. The second-order valence-corrected chi connectivity index (χ2v) is 5.11. The number of ether oxygens (including phenoxy) is 1. The van der Waals surface area contributed by atoms with Crippen molar-refractivity contribution in [1.29, 1.82) is 0 Å². The fourth-order valence-corrected chi connectivity index (χ4v) is 2.09. The Balaban J connectivity index is 1.85. The zero-order chi connectivity index (χ0) is 14.5. The third-order valence-electron chi connectivity index (χ3n) is 3.21. The monoisotopic (exact) mass is 284 g/mol. The average Bonchev–Trinajstić information content (AvgIpc) is 2.40. The molecule has 1 aromatic heterocycles. The summed E-state index contributed by atoms with van der Waals surface area (Å²) in [5.41, 5.74) is 5.51. The number of aromatic nitrogens is 3. The number of nitrogens with zero attached hydrogens (tertiary/aromatic N) is 5. The first kappa shape index (κ1) is 14.9. The van der Waals surface area contributed by atoms with Crippen LogP contribution in [0.3, 0.4) is 0 Å². The molecule has 1 saturated heterocycles. The molecule has 1 fully saturated rings. The van der Waals surface area contributed by atoms with Crippen molar-refractivity contribution in [3.8, 4) is 0 Å². The van der Waals surface area contributed by atoms with Gasteiger partial charge in [-0.25, -0.2) is 14.4 Å². The predicted molar refractivity (Wildman–Crippen MR) is 74.3 cm³/mol. The lowest BCUT2D eigenvalue weighted by Crippen LogP contribution is -2.47. The summed E-state index contributed by atoms with van der Waals surface area (Å²) in [6.07, 6.45) is 0.541. The Morgan fingerprint density at radius 1 is 1.50 bits per heavy atom. The molecule has 2 N–H and O–H groups in total. The second kappa shape index (κ2) is 6.76. The van der Waals surface area contributed by atoms with Crippen LogP contribution in [0.15, 0.2) is 6.33 Å². The van der Waals surface area contributed by atoms with E-state index in [0.717, 1.165) is 6.54 Å². The molecule has 0 spiro atoms. The Kier molecular flexibility index (Phi) is 5.02. The molecule has 2 rings (SSSR count). The quantitative estimate of drug-likeness (QED) is 0.812. The summed E-state index contributed by atoms with van der Waals surface area (Å²) in [6.45, 7) is 2.19. The summed E-state index contributed by atoms with van der Waals surface area (Å²) < 4.78 is 19.7. The van der Waals surface area contributed by atoms with Gasteiger partial charge in [0.25, 0.3) is 0 Å². The number of alkyl halides is 1. The van der Waals surface area contributed by atoms with Crippen molar-refractivity contribution in [2.45, 2.75) is 18.7 Å². The van der Waals surface area contributed by atoms with Crippen molar-refractivity contribution in [1.82, 2.24) is 19.9 Å². The lowest BCUT2D eigenvalue weighted by molar-refractivity contribution is -0.0174. The Morgan fingerprint density at radius 3 is 2.95 bits per heavy atom. The van der Waals surface area contributed by atoms with Crippen LogP contribution in [-0.2, 0) is 4.74 Å². The molecule has 0 unspecified atom stereocenters. The van der Waals surface area contributed by atoms with Crippen molar-refractivity contribution in [2.75, 3.05) is 51.0 Å². The lowest BCUT2D eigenvalue weighted by atomic mass is 10.1. The zero-order valence-corrected chi connectivity index (χ0v) is 11.9. The van der Waals surface area contributed by atoms with Crippen LogP contribution >= 0.6 is 0 Å². The molecule has 2 heterocycles. The van der Waals surface area contributed by atoms with Crippen molar-refractivity contribution >= 4 is 11.9 Å². The van der Waals surface area contributed by atoms with Gasteiger partial charge in [0.05, 0.1) is 19.3 Å². The molecule has 0 saturated carbocycles. The van der Waals surface area contributed by atoms with Gasteiger partial charge in [-0.3, -0.25) is 0 Å². The zero-order valence-electron chi connectivity index (χ0n) is 11.9. The second-order valence-electron chi connectivity index (χ2n) is 5.11. The highest BCUT2D eigenvalue weighted by atomic mass is 19.1. The Bertz CT molecular complexity index is 432. The van der Waals surface area contributed by atoms with Gasteiger partial charge >= 0.3 is 0 Å². The smallest absolute Gasteiger partial charge is 0.230 e.